The van der Waals surface area contributed by atoms with Gasteiger partial charge in [0.05, 0.1) is 0 Å². The first kappa shape index (κ1) is 14.5. The first-order chi connectivity index (χ1) is 10.1. The van der Waals surface area contributed by atoms with Gasteiger partial charge >= 0.3 is 0 Å². The molecule has 1 saturated heterocycles. The Kier molecular flexibility index (Phi) is 4.27. The van der Waals surface area contributed by atoms with E-state index in [1.54, 1.807) is 6.07 Å². The lowest BCUT2D eigenvalue weighted by molar-refractivity contribution is 0.0916. The van der Waals surface area contributed by atoms with Crippen LogP contribution in [-0.4, -0.2) is 23.1 Å². The Morgan fingerprint density at radius 3 is 2.71 bits per heavy atom. The number of rotatable bonds is 4. The maximum absolute atomic E-state index is 12.9. The van der Waals surface area contributed by atoms with Crippen LogP contribution in [0.4, 0.5) is 4.39 Å². The molecule has 1 N–H and O–H groups in total. The molecule has 0 aliphatic carbocycles. The van der Waals surface area contributed by atoms with Gasteiger partial charge in [-0.1, -0.05) is 34.1 Å². The van der Waals surface area contributed by atoms with Crippen molar-refractivity contribution in [2.24, 2.45) is 5.92 Å². The minimum Gasteiger partial charge on any atom is -0.508 e. The molecule has 3 rings (SSSR count). The van der Waals surface area contributed by atoms with Crippen molar-refractivity contribution < 1.29 is 9.50 Å². The minimum atomic E-state index is -0.396. The van der Waals surface area contributed by atoms with Crippen molar-refractivity contribution in [3.8, 4) is 5.75 Å². The molecule has 0 radical (unpaired) electrons. The summed E-state index contributed by atoms with van der Waals surface area (Å²) < 4.78 is 14.1. The third-order valence-electron chi connectivity index (χ3n) is 3.89. The van der Waals surface area contributed by atoms with Crippen LogP contribution in [0.1, 0.15) is 11.1 Å². The number of hydrogen-bond donors (Lipinski definition) is 1. The molecule has 1 aliphatic heterocycles. The Hall–Kier alpha value is -1.39. The molecule has 1 heterocycles. The van der Waals surface area contributed by atoms with Crippen LogP contribution in [0.3, 0.4) is 0 Å². The lowest BCUT2D eigenvalue weighted by Gasteiger charge is -2.39. The summed E-state index contributed by atoms with van der Waals surface area (Å²) in [5.41, 5.74) is 2.14. The molecular weight excluding hydrogens is 333 g/mol. The highest BCUT2D eigenvalue weighted by atomic mass is 79.9. The van der Waals surface area contributed by atoms with E-state index < -0.39 is 5.82 Å². The van der Waals surface area contributed by atoms with Gasteiger partial charge in [0, 0.05) is 35.7 Å². The average Bonchev–Trinajstić information content (AvgIpc) is 2.39. The third-order valence-corrected chi connectivity index (χ3v) is 4.38. The molecule has 2 aromatic rings. The van der Waals surface area contributed by atoms with Crippen molar-refractivity contribution in [1.29, 1.82) is 0 Å². The fraction of sp³-hybridized carbons (Fsp3) is 0.294. The summed E-state index contributed by atoms with van der Waals surface area (Å²) in [4.78, 5) is 2.27. The number of nitrogens with zero attached hydrogens (tertiary/aromatic N) is 1. The maximum Gasteiger partial charge on any atom is 0.126 e. The lowest BCUT2D eigenvalue weighted by atomic mass is 9.92. The van der Waals surface area contributed by atoms with Gasteiger partial charge in [0.15, 0.2) is 0 Å². The van der Waals surface area contributed by atoms with E-state index in [1.165, 1.54) is 17.7 Å². The van der Waals surface area contributed by atoms with Gasteiger partial charge in [0.2, 0.25) is 0 Å². The van der Waals surface area contributed by atoms with Crippen LogP contribution in [0.2, 0.25) is 0 Å². The molecule has 21 heavy (non-hydrogen) atoms. The van der Waals surface area contributed by atoms with E-state index >= 15 is 0 Å². The highest BCUT2D eigenvalue weighted by Gasteiger charge is 2.27. The van der Waals surface area contributed by atoms with Crippen LogP contribution >= 0.6 is 15.9 Å². The third kappa shape index (κ3) is 3.63. The van der Waals surface area contributed by atoms with Gasteiger partial charge in [-0.05, 0) is 36.1 Å². The minimum absolute atomic E-state index is 0.0467. The van der Waals surface area contributed by atoms with E-state index in [0.717, 1.165) is 29.5 Å². The molecule has 2 nitrogen and oxygen atoms in total. The summed E-state index contributed by atoms with van der Waals surface area (Å²) in [6.07, 6.45) is 1.07. The van der Waals surface area contributed by atoms with Gasteiger partial charge in [-0.25, -0.2) is 4.39 Å². The molecular formula is C17H17BrFNO. The van der Waals surface area contributed by atoms with Crippen LogP contribution in [0.5, 0.6) is 5.75 Å². The first-order valence-corrected chi connectivity index (χ1v) is 7.83. The quantitative estimate of drug-likeness (QED) is 0.902. The summed E-state index contributed by atoms with van der Waals surface area (Å²) in [5.74, 6) is 0.305. The second-order valence-corrected chi connectivity index (χ2v) is 6.58. The predicted molar refractivity (Wildman–Crippen MR) is 84.7 cm³/mol. The number of likely N-dealkylation sites (tertiary alicyclic amines) is 1. The number of hydrogen-bond acceptors (Lipinski definition) is 2. The van der Waals surface area contributed by atoms with Crippen LogP contribution in [-0.2, 0) is 13.0 Å². The zero-order valence-corrected chi connectivity index (χ0v) is 13.2. The topological polar surface area (TPSA) is 23.5 Å². The highest BCUT2D eigenvalue weighted by Crippen LogP contribution is 2.26. The Bertz CT molecular complexity index is 640. The SMILES string of the molecule is Oc1cc(F)ccc1CN1CC(Cc2cccc(Br)c2)C1. The fourth-order valence-corrected chi connectivity index (χ4v) is 3.29. The van der Waals surface area contributed by atoms with Gasteiger partial charge in [0.25, 0.3) is 0 Å². The monoisotopic (exact) mass is 349 g/mol. The van der Waals surface area contributed by atoms with Crippen molar-refractivity contribution in [3.05, 3.63) is 63.9 Å². The molecule has 0 aromatic heterocycles. The summed E-state index contributed by atoms with van der Waals surface area (Å²) in [7, 11) is 0. The van der Waals surface area contributed by atoms with E-state index in [4.69, 9.17) is 0 Å². The molecule has 1 aliphatic rings. The van der Waals surface area contributed by atoms with Crippen molar-refractivity contribution in [3.63, 3.8) is 0 Å². The van der Waals surface area contributed by atoms with Gasteiger partial charge in [-0.2, -0.15) is 0 Å². The Morgan fingerprint density at radius 1 is 1.19 bits per heavy atom. The lowest BCUT2D eigenvalue weighted by Crippen LogP contribution is -2.46. The van der Waals surface area contributed by atoms with Crippen molar-refractivity contribution in [2.45, 2.75) is 13.0 Å². The van der Waals surface area contributed by atoms with Crippen LogP contribution < -0.4 is 0 Å². The molecule has 4 heteroatoms. The molecule has 0 spiro atoms. The van der Waals surface area contributed by atoms with Gasteiger partial charge in [0.1, 0.15) is 11.6 Å². The number of halogens is 2. The summed E-state index contributed by atoms with van der Waals surface area (Å²) in [6, 6.07) is 12.6. The molecule has 0 atom stereocenters. The number of benzene rings is 2. The second kappa shape index (κ2) is 6.16. The molecule has 2 aromatic carbocycles. The van der Waals surface area contributed by atoms with E-state index in [9.17, 15) is 9.50 Å². The van der Waals surface area contributed by atoms with Crippen LogP contribution in [0.25, 0.3) is 0 Å². The predicted octanol–water partition coefficient (Wildman–Crippen LogP) is 3.97. The largest absolute Gasteiger partial charge is 0.508 e. The normalized spacial score (nSPS) is 15.9. The molecule has 1 fully saturated rings. The van der Waals surface area contributed by atoms with Gasteiger partial charge in [-0.15, -0.1) is 0 Å². The second-order valence-electron chi connectivity index (χ2n) is 5.67. The van der Waals surface area contributed by atoms with E-state index in [1.807, 2.05) is 6.07 Å². The molecule has 0 bridgehead atoms. The van der Waals surface area contributed by atoms with Gasteiger partial charge < -0.3 is 5.11 Å². The zero-order chi connectivity index (χ0) is 14.8. The molecule has 110 valence electrons. The Balaban J connectivity index is 1.52. The van der Waals surface area contributed by atoms with Crippen molar-refractivity contribution in [2.75, 3.05) is 13.1 Å². The van der Waals surface area contributed by atoms with Gasteiger partial charge in [-0.3, -0.25) is 4.90 Å². The fourth-order valence-electron chi connectivity index (χ4n) is 2.84. The highest BCUT2D eigenvalue weighted by molar-refractivity contribution is 9.10. The number of aromatic hydroxyl groups is 1. The smallest absolute Gasteiger partial charge is 0.126 e. The first-order valence-electron chi connectivity index (χ1n) is 7.04. The summed E-state index contributed by atoms with van der Waals surface area (Å²) in [6.45, 7) is 2.72. The van der Waals surface area contributed by atoms with E-state index in [2.05, 4.69) is 39.0 Å². The molecule has 0 saturated carbocycles. The molecule has 0 amide bonds. The number of phenols is 1. The summed E-state index contributed by atoms with van der Waals surface area (Å²) in [5, 5.41) is 9.72. The Morgan fingerprint density at radius 2 is 2.00 bits per heavy atom. The molecule has 0 unspecified atom stereocenters. The summed E-state index contributed by atoms with van der Waals surface area (Å²) >= 11 is 3.49. The maximum atomic E-state index is 12.9. The number of phenolic OH excluding ortho intramolecular Hbond substituents is 1. The average molecular weight is 350 g/mol. The standard InChI is InChI=1S/C17H17BrFNO/c18-15-3-1-2-12(7-15)6-13-9-20(10-13)11-14-4-5-16(19)8-17(14)21/h1-5,7-8,13,21H,6,9-11H2. The Labute approximate surface area is 132 Å². The van der Waals surface area contributed by atoms with Crippen LogP contribution in [0, 0.1) is 11.7 Å². The van der Waals surface area contributed by atoms with Crippen molar-refractivity contribution >= 4 is 15.9 Å². The van der Waals surface area contributed by atoms with E-state index in [0.29, 0.717) is 12.5 Å². The van der Waals surface area contributed by atoms with E-state index in [-0.39, 0.29) is 5.75 Å². The van der Waals surface area contributed by atoms with Crippen molar-refractivity contribution in [1.82, 2.24) is 4.90 Å². The van der Waals surface area contributed by atoms with Crippen LogP contribution in [0.15, 0.2) is 46.9 Å². The zero-order valence-electron chi connectivity index (χ0n) is 11.6.